The molecule has 0 amide bonds. The van der Waals surface area contributed by atoms with Crippen LogP contribution in [0.4, 0.5) is 11.5 Å². The third-order valence-electron chi connectivity index (χ3n) is 5.14. The van der Waals surface area contributed by atoms with E-state index >= 15 is 0 Å². The number of nitrogens with one attached hydrogen (secondary N) is 1. The molecule has 0 radical (unpaired) electrons. The maximum atomic E-state index is 5.88. The molecule has 0 aliphatic carbocycles. The number of benzene rings is 2. The highest BCUT2D eigenvalue weighted by Crippen LogP contribution is 2.37. The van der Waals surface area contributed by atoms with Gasteiger partial charge in [0.1, 0.15) is 17.8 Å². The molecule has 1 N–H and O–H groups in total. The highest BCUT2D eigenvalue weighted by atomic mass is 32.1. The molecule has 2 aromatic carbocycles. The fourth-order valence-electron chi connectivity index (χ4n) is 3.46. The fourth-order valence-corrected chi connectivity index (χ4v) is 4.52. The highest BCUT2D eigenvalue weighted by Gasteiger charge is 2.11. The average molecular weight is 455 g/mol. The van der Waals surface area contributed by atoms with E-state index in [1.165, 1.54) is 0 Å². The third-order valence-corrected chi connectivity index (χ3v) is 6.32. The Hall–Kier alpha value is -3.97. The van der Waals surface area contributed by atoms with Crippen molar-refractivity contribution >= 4 is 33.1 Å². The second-order valence-electron chi connectivity index (χ2n) is 7.35. The largest absolute Gasteiger partial charge is 0.497 e. The lowest BCUT2D eigenvalue weighted by Gasteiger charge is -2.07. The van der Waals surface area contributed by atoms with E-state index in [-0.39, 0.29) is 0 Å². The van der Waals surface area contributed by atoms with Gasteiger partial charge in [0.05, 0.1) is 23.9 Å². The van der Waals surface area contributed by atoms with Crippen LogP contribution in [0.1, 0.15) is 5.69 Å². The van der Waals surface area contributed by atoms with Crippen LogP contribution in [0.3, 0.4) is 0 Å². The van der Waals surface area contributed by atoms with Gasteiger partial charge >= 0.3 is 0 Å². The summed E-state index contributed by atoms with van der Waals surface area (Å²) in [7, 11) is 1.66. The number of thiophene rings is 1. The molecule has 164 valence electrons. The summed E-state index contributed by atoms with van der Waals surface area (Å²) < 4.78 is 12.2. The van der Waals surface area contributed by atoms with Crippen molar-refractivity contribution in [3.8, 4) is 21.9 Å². The molecule has 0 unspecified atom stereocenters. The van der Waals surface area contributed by atoms with Crippen LogP contribution < -0.4 is 14.8 Å². The summed E-state index contributed by atoms with van der Waals surface area (Å²) in [6.07, 6.45) is 4.16. The van der Waals surface area contributed by atoms with Gasteiger partial charge in [0.2, 0.25) is 0 Å². The Kier molecular flexibility index (Phi) is 6.12. The number of methoxy groups -OCH3 is 1. The SMILES string of the molecule is COc1cccc(Nc2ncnc3cc(-c4ccc(OCCc5ccccn5)cc4)sc23)c1. The molecule has 0 atom stereocenters. The van der Waals surface area contributed by atoms with Crippen molar-refractivity contribution in [1.82, 2.24) is 15.0 Å². The Morgan fingerprint density at radius 1 is 0.879 bits per heavy atom. The zero-order valence-electron chi connectivity index (χ0n) is 18.1. The van der Waals surface area contributed by atoms with Crippen LogP contribution in [0.5, 0.6) is 11.5 Å². The third kappa shape index (κ3) is 4.94. The first-order valence-electron chi connectivity index (χ1n) is 10.6. The smallest absolute Gasteiger partial charge is 0.151 e. The van der Waals surface area contributed by atoms with Crippen LogP contribution >= 0.6 is 11.3 Å². The topological polar surface area (TPSA) is 69.2 Å². The molecule has 0 aliphatic rings. The Morgan fingerprint density at radius 3 is 2.61 bits per heavy atom. The molecule has 7 heteroatoms. The van der Waals surface area contributed by atoms with Crippen molar-refractivity contribution < 1.29 is 9.47 Å². The predicted molar refractivity (Wildman–Crippen MR) is 133 cm³/mol. The molecular weight excluding hydrogens is 432 g/mol. The van der Waals surface area contributed by atoms with Crippen molar-refractivity contribution in [3.05, 3.63) is 91.0 Å². The number of nitrogens with zero attached hydrogens (tertiary/aromatic N) is 3. The number of rotatable bonds is 8. The van der Waals surface area contributed by atoms with Gasteiger partial charge in [0.25, 0.3) is 0 Å². The van der Waals surface area contributed by atoms with Gasteiger partial charge in [0.15, 0.2) is 5.82 Å². The van der Waals surface area contributed by atoms with Crippen molar-refractivity contribution in [2.45, 2.75) is 6.42 Å². The van der Waals surface area contributed by atoms with E-state index in [0.29, 0.717) is 6.61 Å². The summed E-state index contributed by atoms with van der Waals surface area (Å²) in [5, 5.41) is 3.39. The molecule has 0 saturated carbocycles. The molecule has 0 saturated heterocycles. The first kappa shape index (κ1) is 20.9. The molecule has 3 aromatic heterocycles. The quantitative estimate of drug-likeness (QED) is 0.304. The van der Waals surface area contributed by atoms with Gasteiger partial charge in [-0.15, -0.1) is 11.3 Å². The van der Waals surface area contributed by atoms with Crippen molar-refractivity contribution in [1.29, 1.82) is 0 Å². The first-order chi connectivity index (χ1) is 16.3. The van der Waals surface area contributed by atoms with E-state index < -0.39 is 0 Å². The van der Waals surface area contributed by atoms with Gasteiger partial charge in [-0.3, -0.25) is 4.98 Å². The van der Waals surface area contributed by atoms with Crippen molar-refractivity contribution in [2.24, 2.45) is 0 Å². The number of pyridine rings is 1. The Bertz CT molecular complexity index is 1350. The zero-order chi connectivity index (χ0) is 22.5. The molecule has 0 aliphatic heterocycles. The summed E-state index contributed by atoms with van der Waals surface area (Å²) in [4.78, 5) is 14.4. The van der Waals surface area contributed by atoms with Crippen LogP contribution in [0.25, 0.3) is 20.7 Å². The molecule has 5 rings (SSSR count). The number of hydrogen-bond donors (Lipinski definition) is 1. The van der Waals surface area contributed by atoms with Crippen LogP contribution in [-0.4, -0.2) is 28.7 Å². The number of hydrogen-bond acceptors (Lipinski definition) is 7. The Balaban J connectivity index is 1.31. The van der Waals surface area contributed by atoms with Gasteiger partial charge in [-0.2, -0.15) is 0 Å². The fraction of sp³-hybridized carbons (Fsp3) is 0.115. The van der Waals surface area contributed by atoms with Crippen LogP contribution in [0.2, 0.25) is 0 Å². The van der Waals surface area contributed by atoms with Crippen LogP contribution in [0.15, 0.2) is 85.3 Å². The summed E-state index contributed by atoms with van der Waals surface area (Å²) >= 11 is 1.66. The maximum Gasteiger partial charge on any atom is 0.151 e. The Labute approximate surface area is 195 Å². The van der Waals surface area contributed by atoms with Gasteiger partial charge in [-0.05, 0) is 60.2 Å². The summed E-state index contributed by atoms with van der Waals surface area (Å²) in [6, 6.07) is 23.9. The number of anilines is 2. The minimum atomic E-state index is 0.591. The van der Waals surface area contributed by atoms with E-state index in [2.05, 4.69) is 38.5 Å². The molecule has 0 bridgehead atoms. The van der Waals surface area contributed by atoms with Gasteiger partial charge in [-0.25, -0.2) is 9.97 Å². The minimum absolute atomic E-state index is 0.591. The second kappa shape index (κ2) is 9.67. The summed E-state index contributed by atoms with van der Waals surface area (Å²) in [6.45, 7) is 0.591. The van der Waals surface area contributed by atoms with Crippen molar-refractivity contribution in [3.63, 3.8) is 0 Å². The average Bonchev–Trinajstić information content (AvgIpc) is 3.31. The van der Waals surface area contributed by atoms with Crippen LogP contribution in [0, 0.1) is 0 Å². The van der Waals surface area contributed by atoms with Crippen LogP contribution in [-0.2, 0) is 6.42 Å². The van der Waals surface area contributed by atoms with E-state index in [0.717, 1.165) is 55.8 Å². The van der Waals surface area contributed by atoms with E-state index in [1.54, 1.807) is 31.0 Å². The van der Waals surface area contributed by atoms with E-state index in [1.807, 2.05) is 54.6 Å². The monoisotopic (exact) mass is 454 g/mol. The molecule has 3 heterocycles. The number of fused-ring (bicyclic) bond motifs is 1. The maximum absolute atomic E-state index is 5.88. The molecule has 33 heavy (non-hydrogen) atoms. The predicted octanol–water partition coefficient (Wildman–Crippen LogP) is 6.13. The zero-order valence-corrected chi connectivity index (χ0v) is 18.9. The van der Waals surface area contributed by atoms with E-state index in [9.17, 15) is 0 Å². The Morgan fingerprint density at radius 2 is 1.79 bits per heavy atom. The molecule has 0 spiro atoms. The van der Waals surface area contributed by atoms with Crippen molar-refractivity contribution in [2.75, 3.05) is 19.0 Å². The highest BCUT2D eigenvalue weighted by molar-refractivity contribution is 7.22. The van der Waals surface area contributed by atoms with Gasteiger partial charge in [0, 0.05) is 34.9 Å². The second-order valence-corrected chi connectivity index (χ2v) is 8.40. The number of ether oxygens (including phenoxy) is 2. The first-order valence-corrected chi connectivity index (χ1v) is 11.4. The molecule has 0 fully saturated rings. The normalized spacial score (nSPS) is 10.8. The summed E-state index contributed by atoms with van der Waals surface area (Å²) in [5.74, 6) is 2.41. The van der Waals surface area contributed by atoms with E-state index in [4.69, 9.17) is 9.47 Å². The number of aromatic nitrogens is 3. The molecule has 6 nitrogen and oxygen atoms in total. The van der Waals surface area contributed by atoms with Gasteiger partial charge in [-0.1, -0.05) is 12.1 Å². The molecule has 5 aromatic rings. The summed E-state index contributed by atoms with van der Waals surface area (Å²) in [5.41, 5.74) is 3.96. The lowest BCUT2D eigenvalue weighted by atomic mass is 10.2. The standard InChI is InChI=1S/C26H22N4O2S/c1-31-22-7-4-6-20(15-22)30-26-25-23(28-17-29-26)16-24(33-25)18-8-10-21(11-9-18)32-14-12-19-5-2-3-13-27-19/h2-11,13,15-17H,12,14H2,1H3,(H,28,29,30). The lowest BCUT2D eigenvalue weighted by molar-refractivity contribution is 0.320. The molecular formula is C26H22N4O2S. The van der Waals surface area contributed by atoms with Gasteiger partial charge < -0.3 is 14.8 Å². The lowest BCUT2D eigenvalue weighted by Crippen LogP contribution is -2.02. The minimum Gasteiger partial charge on any atom is -0.497 e.